The van der Waals surface area contributed by atoms with Crippen molar-refractivity contribution in [2.24, 2.45) is 0 Å². The molecule has 0 amide bonds. The van der Waals surface area contributed by atoms with Gasteiger partial charge in [-0.3, -0.25) is 0 Å². The molecule has 0 aliphatic heterocycles. The average molecular weight is 270 g/mol. The number of rotatable bonds is 8. The van der Waals surface area contributed by atoms with Crippen LogP contribution in [0.3, 0.4) is 0 Å². The van der Waals surface area contributed by atoms with Gasteiger partial charge in [0.15, 0.2) is 0 Å². The molecule has 1 unspecified atom stereocenters. The first-order valence-electron chi connectivity index (χ1n) is 6.45. The van der Waals surface area contributed by atoms with Crippen LogP contribution in [0.5, 0.6) is 5.75 Å². The molecule has 0 saturated heterocycles. The molecule has 0 spiro atoms. The van der Waals surface area contributed by atoms with E-state index in [0.717, 1.165) is 12.6 Å². The molecular formula is C14H23FN2O2. The lowest BCUT2D eigenvalue weighted by Gasteiger charge is -2.15. The fourth-order valence-electron chi connectivity index (χ4n) is 1.67. The molecule has 1 aromatic rings. The Bertz CT molecular complexity index is 386. The first-order valence-corrected chi connectivity index (χ1v) is 6.45. The van der Waals surface area contributed by atoms with Crippen molar-refractivity contribution < 1.29 is 14.2 Å². The van der Waals surface area contributed by atoms with Gasteiger partial charge in [0.1, 0.15) is 11.6 Å². The Morgan fingerprint density at radius 3 is 2.74 bits per heavy atom. The zero-order valence-electron chi connectivity index (χ0n) is 11.8. The third kappa shape index (κ3) is 6.00. The largest absolute Gasteiger partial charge is 0.508 e. The summed E-state index contributed by atoms with van der Waals surface area (Å²) >= 11 is 0. The second-order valence-electron chi connectivity index (χ2n) is 4.80. The Balaban J connectivity index is 2.25. The van der Waals surface area contributed by atoms with E-state index in [2.05, 4.69) is 10.2 Å². The van der Waals surface area contributed by atoms with E-state index in [1.807, 2.05) is 21.0 Å². The summed E-state index contributed by atoms with van der Waals surface area (Å²) in [6.07, 6.45) is 0. The standard InChI is InChI=1S/C14H23FN2O2/c1-11(13-5-4-12(18)10-14(13)15)16-6-8-19-9-7-17(2)3/h4-5,10-11,16,18H,6-9H2,1-3H3. The number of hydrogen-bond donors (Lipinski definition) is 2. The summed E-state index contributed by atoms with van der Waals surface area (Å²) < 4.78 is 19.0. The molecule has 1 atom stereocenters. The lowest BCUT2D eigenvalue weighted by molar-refractivity contribution is 0.118. The molecule has 0 bridgehead atoms. The third-order valence-electron chi connectivity index (χ3n) is 2.83. The average Bonchev–Trinajstić information content (AvgIpc) is 2.32. The Kier molecular flexibility index (Phi) is 6.77. The maximum Gasteiger partial charge on any atom is 0.131 e. The number of benzene rings is 1. The summed E-state index contributed by atoms with van der Waals surface area (Å²) in [5, 5.41) is 12.3. The highest BCUT2D eigenvalue weighted by molar-refractivity contribution is 5.29. The van der Waals surface area contributed by atoms with Gasteiger partial charge in [0, 0.05) is 30.8 Å². The van der Waals surface area contributed by atoms with Gasteiger partial charge in [-0.15, -0.1) is 0 Å². The van der Waals surface area contributed by atoms with Gasteiger partial charge in [0.2, 0.25) is 0 Å². The molecule has 2 N–H and O–H groups in total. The highest BCUT2D eigenvalue weighted by Crippen LogP contribution is 2.20. The first kappa shape index (κ1) is 15.9. The summed E-state index contributed by atoms with van der Waals surface area (Å²) in [5.41, 5.74) is 0.547. The summed E-state index contributed by atoms with van der Waals surface area (Å²) in [4.78, 5) is 2.06. The number of nitrogens with one attached hydrogen (secondary N) is 1. The van der Waals surface area contributed by atoms with Gasteiger partial charge in [0.05, 0.1) is 13.2 Å². The highest BCUT2D eigenvalue weighted by Gasteiger charge is 2.10. The van der Waals surface area contributed by atoms with Gasteiger partial charge in [0.25, 0.3) is 0 Å². The van der Waals surface area contributed by atoms with Crippen LogP contribution in [-0.2, 0) is 4.74 Å². The van der Waals surface area contributed by atoms with Gasteiger partial charge >= 0.3 is 0 Å². The molecule has 0 radical (unpaired) electrons. The number of ether oxygens (including phenoxy) is 1. The van der Waals surface area contributed by atoms with Gasteiger partial charge in [-0.25, -0.2) is 4.39 Å². The smallest absolute Gasteiger partial charge is 0.131 e. The Hall–Kier alpha value is -1.17. The van der Waals surface area contributed by atoms with Crippen LogP contribution in [0.2, 0.25) is 0 Å². The van der Waals surface area contributed by atoms with E-state index in [9.17, 15) is 4.39 Å². The van der Waals surface area contributed by atoms with Crippen LogP contribution in [-0.4, -0.2) is 50.4 Å². The Labute approximate surface area is 114 Å². The van der Waals surface area contributed by atoms with Crippen molar-refractivity contribution in [1.29, 1.82) is 0 Å². The maximum absolute atomic E-state index is 13.6. The number of aromatic hydroxyl groups is 1. The molecule has 0 aliphatic rings. The Morgan fingerprint density at radius 1 is 1.37 bits per heavy atom. The molecule has 5 heteroatoms. The zero-order chi connectivity index (χ0) is 14.3. The van der Waals surface area contributed by atoms with E-state index < -0.39 is 5.82 Å². The third-order valence-corrected chi connectivity index (χ3v) is 2.83. The van der Waals surface area contributed by atoms with Crippen molar-refractivity contribution in [2.45, 2.75) is 13.0 Å². The van der Waals surface area contributed by atoms with Crippen molar-refractivity contribution in [1.82, 2.24) is 10.2 Å². The lowest BCUT2D eigenvalue weighted by atomic mass is 10.1. The molecule has 4 nitrogen and oxygen atoms in total. The van der Waals surface area contributed by atoms with E-state index in [-0.39, 0.29) is 11.8 Å². The minimum absolute atomic E-state index is 0.0551. The first-order chi connectivity index (χ1) is 9.00. The van der Waals surface area contributed by atoms with Gasteiger partial charge < -0.3 is 20.1 Å². The van der Waals surface area contributed by atoms with Crippen LogP contribution in [0.15, 0.2) is 18.2 Å². The van der Waals surface area contributed by atoms with E-state index in [0.29, 0.717) is 25.3 Å². The number of phenols is 1. The van der Waals surface area contributed by atoms with E-state index >= 15 is 0 Å². The molecule has 19 heavy (non-hydrogen) atoms. The minimum atomic E-state index is -0.395. The topological polar surface area (TPSA) is 44.7 Å². The summed E-state index contributed by atoms with van der Waals surface area (Å²) in [5.74, 6) is -0.450. The van der Waals surface area contributed by atoms with E-state index in [1.165, 1.54) is 6.07 Å². The number of hydrogen-bond acceptors (Lipinski definition) is 4. The van der Waals surface area contributed by atoms with Crippen LogP contribution in [0.25, 0.3) is 0 Å². The number of nitrogens with zero attached hydrogens (tertiary/aromatic N) is 1. The molecule has 0 fully saturated rings. The lowest BCUT2D eigenvalue weighted by Crippen LogP contribution is -2.25. The second-order valence-corrected chi connectivity index (χ2v) is 4.80. The van der Waals surface area contributed by atoms with Crippen LogP contribution in [0.4, 0.5) is 4.39 Å². The molecule has 0 aliphatic carbocycles. The normalized spacial score (nSPS) is 12.9. The quantitative estimate of drug-likeness (QED) is 0.707. The summed E-state index contributed by atoms with van der Waals surface area (Å²) in [6, 6.07) is 4.10. The van der Waals surface area contributed by atoms with E-state index in [1.54, 1.807) is 6.07 Å². The van der Waals surface area contributed by atoms with Gasteiger partial charge in [-0.2, -0.15) is 0 Å². The maximum atomic E-state index is 13.6. The molecule has 1 aromatic carbocycles. The van der Waals surface area contributed by atoms with Crippen LogP contribution in [0.1, 0.15) is 18.5 Å². The number of phenolic OH excluding ortho intramolecular Hbond substituents is 1. The van der Waals surface area contributed by atoms with Crippen LogP contribution >= 0.6 is 0 Å². The molecule has 108 valence electrons. The van der Waals surface area contributed by atoms with Crippen LogP contribution in [0, 0.1) is 5.82 Å². The highest BCUT2D eigenvalue weighted by atomic mass is 19.1. The monoisotopic (exact) mass is 270 g/mol. The SMILES string of the molecule is CC(NCCOCCN(C)C)c1ccc(O)cc1F. The summed E-state index contributed by atoms with van der Waals surface area (Å²) in [6.45, 7) is 4.72. The van der Waals surface area contributed by atoms with Crippen molar-refractivity contribution in [3.8, 4) is 5.75 Å². The molecule has 0 aromatic heterocycles. The van der Waals surface area contributed by atoms with Crippen molar-refractivity contribution >= 4 is 0 Å². The summed E-state index contributed by atoms with van der Waals surface area (Å²) in [7, 11) is 3.99. The van der Waals surface area contributed by atoms with Crippen molar-refractivity contribution in [2.75, 3.05) is 40.4 Å². The van der Waals surface area contributed by atoms with E-state index in [4.69, 9.17) is 9.84 Å². The second kappa shape index (κ2) is 8.09. The molecule has 1 rings (SSSR count). The van der Waals surface area contributed by atoms with Crippen LogP contribution < -0.4 is 5.32 Å². The van der Waals surface area contributed by atoms with Crippen molar-refractivity contribution in [3.05, 3.63) is 29.6 Å². The van der Waals surface area contributed by atoms with Crippen molar-refractivity contribution in [3.63, 3.8) is 0 Å². The predicted octanol–water partition coefficient (Wildman–Crippen LogP) is 1.76. The molecule has 0 heterocycles. The number of likely N-dealkylation sites (N-methyl/N-ethyl adjacent to an activating group) is 1. The number of halogens is 1. The zero-order valence-corrected chi connectivity index (χ0v) is 11.8. The Morgan fingerprint density at radius 2 is 2.11 bits per heavy atom. The predicted molar refractivity (Wildman–Crippen MR) is 73.9 cm³/mol. The minimum Gasteiger partial charge on any atom is -0.508 e. The fourth-order valence-corrected chi connectivity index (χ4v) is 1.67. The fraction of sp³-hybridized carbons (Fsp3) is 0.571. The molecule has 0 saturated carbocycles. The van der Waals surface area contributed by atoms with Gasteiger partial charge in [-0.05, 0) is 27.1 Å². The molecular weight excluding hydrogens is 247 g/mol. The van der Waals surface area contributed by atoms with Gasteiger partial charge in [-0.1, -0.05) is 6.07 Å².